The Morgan fingerprint density at radius 2 is 1.64 bits per heavy atom. The van der Waals surface area contributed by atoms with Gasteiger partial charge >= 0.3 is 0 Å². The Morgan fingerprint density at radius 1 is 0.897 bits per heavy atom. The molecule has 5 rings (SSSR count). The van der Waals surface area contributed by atoms with Gasteiger partial charge in [0.05, 0.1) is 24.1 Å². The number of furan rings is 1. The molecular formula is C33H35N3O3. The van der Waals surface area contributed by atoms with Crippen molar-refractivity contribution in [2.24, 2.45) is 0 Å². The van der Waals surface area contributed by atoms with E-state index < -0.39 is 0 Å². The Kier molecular flexibility index (Phi) is 8.42. The van der Waals surface area contributed by atoms with Gasteiger partial charge < -0.3 is 19.5 Å². The molecule has 0 unspecified atom stereocenters. The van der Waals surface area contributed by atoms with Crippen molar-refractivity contribution in [3.05, 3.63) is 108 Å². The number of rotatable bonds is 10. The SMILES string of the molecule is CCCCN(Cc1ccco1)c1ccc(NC(=O)c2ccc(-c3ccccc3)cc2)cc1C(=O)N1CCCC1. The van der Waals surface area contributed by atoms with Crippen LogP contribution in [0, 0.1) is 0 Å². The summed E-state index contributed by atoms with van der Waals surface area (Å²) in [5.74, 6) is 0.647. The minimum atomic E-state index is -0.208. The average molecular weight is 522 g/mol. The molecule has 0 saturated carbocycles. The van der Waals surface area contributed by atoms with Crippen LogP contribution < -0.4 is 10.2 Å². The normalized spacial score (nSPS) is 12.9. The van der Waals surface area contributed by atoms with Crippen LogP contribution in [0.2, 0.25) is 0 Å². The van der Waals surface area contributed by atoms with Gasteiger partial charge in [0.1, 0.15) is 5.76 Å². The number of hydrogen-bond donors (Lipinski definition) is 1. The van der Waals surface area contributed by atoms with Gasteiger partial charge in [0, 0.05) is 30.9 Å². The molecule has 4 aromatic rings. The zero-order valence-electron chi connectivity index (χ0n) is 22.4. The number of amides is 2. The van der Waals surface area contributed by atoms with Crippen molar-refractivity contribution in [1.29, 1.82) is 0 Å². The first-order valence-corrected chi connectivity index (χ1v) is 13.8. The van der Waals surface area contributed by atoms with Crippen molar-refractivity contribution in [2.75, 3.05) is 29.9 Å². The Labute approximate surface area is 230 Å². The van der Waals surface area contributed by atoms with E-state index >= 15 is 0 Å². The maximum Gasteiger partial charge on any atom is 0.256 e. The van der Waals surface area contributed by atoms with E-state index in [1.54, 1.807) is 6.26 Å². The summed E-state index contributed by atoms with van der Waals surface area (Å²) in [6.45, 7) is 5.06. The van der Waals surface area contributed by atoms with Crippen LogP contribution in [0.15, 0.2) is 95.6 Å². The van der Waals surface area contributed by atoms with Crippen molar-refractivity contribution >= 4 is 23.2 Å². The Hall–Kier alpha value is -4.32. The summed E-state index contributed by atoms with van der Waals surface area (Å²) in [5.41, 5.74) is 4.80. The van der Waals surface area contributed by atoms with Crippen LogP contribution in [0.3, 0.4) is 0 Å². The second-order valence-corrected chi connectivity index (χ2v) is 9.98. The van der Waals surface area contributed by atoms with E-state index in [-0.39, 0.29) is 11.8 Å². The smallest absolute Gasteiger partial charge is 0.256 e. The number of carbonyl (C=O) groups is 2. The van der Waals surface area contributed by atoms with E-state index in [2.05, 4.69) is 17.1 Å². The third kappa shape index (κ3) is 6.40. The number of carbonyl (C=O) groups excluding carboxylic acids is 2. The third-order valence-electron chi connectivity index (χ3n) is 7.18. The zero-order valence-corrected chi connectivity index (χ0v) is 22.4. The van der Waals surface area contributed by atoms with Crippen molar-refractivity contribution < 1.29 is 14.0 Å². The summed E-state index contributed by atoms with van der Waals surface area (Å²) >= 11 is 0. The molecule has 6 heteroatoms. The molecule has 6 nitrogen and oxygen atoms in total. The number of nitrogens with zero attached hydrogens (tertiary/aromatic N) is 2. The second kappa shape index (κ2) is 12.5. The van der Waals surface area contributed by atoms with E-state index in [9.17, 15) is 9.59 Å². The molecule has 0 spiro atoms. The largest absolute Gasteiger partial charge is 0.467 e. The quantitative estimate of drug-likeness (QED) is 0.239. The molecule has 1 fully saturated rings. The van der Waals surface area contributed by atoms with E-state index in [0.717, 1.165) is 67.9 Å². The van der Waals surface area contributed by atoms with Gasteiger partial charge in [-0.3, -0.25) is 9.59 Å². The first-order valence-electron chi connectivity index (χ1n) is 13.8. The summed E-state index contributed by atoms with van der Waals surface area (Å²) in [6.07, 6.45) is 5.75. The van der Waals surface area contributed by atoms with Crippen LogP contribution in [-0.4, -0.2) is 36.3 Å². The van der Waals surface area contributed by atoms with Gasteiger partial charge in [0.25, 0.3) is 11.8 Å². The van der Waals surface area contributed by atoms with E-state index in [1.165, 1.54) is 0 Å². The number of benzene rings is 3. The lowest BCUT2D eigenvalue weighted by Gasteiger charge is -2.28. The van der Waals surface area contributed by atoms with Crippen LogP contribution in [0.5, 0.6) is 0 Å². The summed E-state index contributed by atoms with van der Waals surface area (Å²) < 4.78 is 5.63. The highest BCUT2D eigenvalue weighted by Crippen LogP contribution is 2.29. The van der Waals surface area contributed by atoms with Crippen molar-refractivity contribution in [3.63, 3.8) is 0 Å². The van der Waals surface area contributed by atoms with Crippen LogP contribution >= 0.6 is 0 Å². The lowest BCUT2D eigenvalue weighted by Crippen LogP contribution is -2.31. The monoisotopic (exact) mass is 521 g/mol. The summed E-state index contributed by atoms with van der Waals surface area (Å²) in [4.78, 5) is 31.0. The first-order chi connectivity index (χ1) is 19.1. The van der Waals surface area contributed by atoms with Gasteiger partial charge in [-0.1, -0.05) is 55.8 Å². The molecule has 0 bridgehead atoms. The van der Waals surface area contributed by atoms with Crippen LogP contribution in [0.25, 0.3) is 11.1 Å². The van der Waals surface area contributed by atoms with Crippen molar-refractivity contribution in [2.45, 2.75) is 39.2 Å². The molecule has 200 valence electrons. The highest BCUT2D eigenvalue weighted by atomic mass is 16.3. The Morgan fingerprint density at radius 3 is 2.33 bits per heavy atom. The van der Waals surface area contributed by atoms with Gasteiger partial charge in [-0.05, 0) is 72.9 Å². The van der Waals surface area contributed by atoms with E-state index in [4.69, 9.17) is 4.42 Å². The number of likely N-dealkylation sites (tertiary alicyclic amines) is 1. The van der Waals surface area contributed by atoms with Crippen molar-refractivity contribution in [1.82, 2.24) is 4.90 Å². The standard InChI is InChI=1S/C33H35N3O3/c1-2-3-19-36(24-29-12-9-22-39-29)31-18-17-28(23-30(31)33(38)35-20-7-8-21-35)34-32(37)27-15-13-26(14-16-27)25-10-5-4-6-11-25/h4-6,9-18,22-23H,2-3,7-8,19-21,24H2,1H3,(H,34,37). The summed E-state index contributed by atoms with van der Waals surface area (Å²) in [5, 5.41) is 3.01. The molecule has 1 saturated heterocycles. The molecule has 0 aliphatic carbocycles. The fraction of sp³-hybridized carbons (Fsp3) is 0.273. The first kappa shape index (κ1) is 26.3. The highest BCUT2D eigenvalue weighted by Gasteiger charge is 2.25. The van der Waals surface area contributed by atoms with Gasteiger partial charge in [0.2, 0.25) is 0 Å². The number of hydrogen-bond acceptors (Lipinski definition) is 4. The maximum absolute atomic E-state index is 13.7. The van der Waals surface area contributed by atoms with E-state index in [1.807, 2.05) is 89.8 Å². The minimum Gasteiger partial charge on any atom is -0.467 e. The molecule has 1 aromatic heterocycles. The van der Waals surface area contributed by atoms with E-state index in [0.29, 0.717) is 23.4 Å². The third-order valence-corrected chi connectivity index (χ3v) is 7.18. The molecule has 2 amide bonds. The zero-order chi connectivity index (χ0) is 27.0. The highest BCUT2D eigenvalue weighted by molar-refractivity contribution is 6.06. The molecule has 1 aliphatic heterocycles. The van der Waals surface area contributed by atoms with Gasteiger partial charge in [-0.25, -0.2) is 0 Å². The molecule has 1 N–H and O–H groups in total. The summed E-state index contributed by atoms with van der Waals surface area (Å²) in [7, 11) is 0. The second-order valence-electron chi connectivity index (χ2n) is 9.98. The molecule has 1 aliphatic rings. The topological polar surface area (TPSA) is 65.8 Å². The molecule has 39 heavy (non-hydrogen) atoms. The summed E-state index contributed by atoms with van der Waals surface area (Å²) in [6, 6.07) is 27.2. The van der Waals surface area contributed by atoms with Gasteiger partial charge in [-0.15, -0.1) is 0 Å². The molecule has 2 heterocycles. The average Bonchev–Trinajstić information content (AvgIpc) is 3.71. The van der Waals surface area contributed by atoms with Crippen LogP contribution in [0.4, 0.5) is 11.4 Å². The van der Waals surface area contributed by atoms with Crippen molar-refractivity contribution in [3.8, 4) is 11.1 Å². The number of unbranched alkanes of at least 4 members (excludes halogenated alkanes) is 1. The van der Waals surface area contributed by atoms with Gasteiger partial charge in [0.15, 0.2) is 0 Å². The lowest BCUT2D eigenvalue weighted by atomic mass is 10.0. The number of anilines is 2. The van der Waals surface area contributed by atoms with Crippen LogP contribution in [-0.2, 0) is 6.54 Å². The Bertz CT molecular complexity index is 1380. The molecule has 3 aromatic carbocycles. The Balaban J connectivity index is 1.41. The minimum absolute atomic E-state index is 0.00626. The molecule has 0 radical (unpaired) electrons. The predicted octanol–water partition coefficient (Wildman–Crippen LogP) is 7.24. The number of nitrogens with one attached hydrogen (secondary N) is 1. The molecule has 0 atom stereocenters. The van der Waals surface area contributed by atoms with Crippen LogP contribution in [0.1, 0.15) is 59.1 Å². The predicted molar refractivity (Wildman–Crippen MR) is 156 cm³/mol. The fourth-order valence-electron chi connectivity index (χ4n) is 5.02. The molecular weight excluding hydrogens is 486 g/mol. The fourth-order valence-corrected chi connectivity index (χ4v) is 5.02. The lowest BCUT2D eigenvalue weighted by molar-refractivity contribution is 0.0793. The maximum atomic E-state index is 13.7. The van der Waals surface area contributed by atoms with Gasteiger partial charge in [-0.2, -0.15) is 0 Å².